The van der Waals surface area contributed by atoms with Crippen LogP contribution >= 0.6 is 0 Å². The molecular weight excluding hydrogens is 356 g/mol. The van der Waals surface area contributed by atoms with Gasteiger partial charge < -0.3 is 4.90 Å². The molecule has 0 saturated heterocycles. The zero-order valence-corrected chi connectivity index (χ0v) is 17.3. The lowest BCUT2D eigenvalue weighted by atomic mass is 9.86. The van der Waals surface area contributed by atoms with Gasteiger partial charge in [0.1, 0.15) is 0 Å². The van der Waals surface area contributed by atoms with E-state index in [1.54, 1.807) is 0 Å². The third-order valence-electron chi connectivity index (χ3n) is 5.33. The number of fused-ring (bicyclic) bond motifs is 3. The second-order valence-corrected chi connectivity index (χ2v) is 7.62. The zero-order chi connectivity index (χ0) is 20.4. The number of para-hydroxylation sites is 1. The highest BCUT2D eigenvalue weighted by molar-refractivity contribution is 6.10. The van der Waals surface area contributed by atoms with E-state index in [1.165, 1.54) is 5.56 Å². The SMILES string of the molecule is C=C1/C=C/C=C\C=C\C2=NC(N(C)C)=N/C(=C/1c1cccc3c1N=CCC3)C2C. The summed E-state index contributed by atoms with van der Waals surface area (Å²) < 4.78 is 0. The number of benzene rings is 1. The predicted octanol–water partition coefficient (Wildman–Crippen LogP) is 5.29. The molecule has 2 aliphatic heterocycles. The van der Waals surface area contributed by atoms with Gasteiger partial charge in [-0.05, 0) is 30.1 Å². The Balaban J connectivity index is 2.03. The van der Waals surface area contributed by atoms with Crippen molar-refractivity contribution < 1.29 is 0 Å². The molecule has 0 aromatic heterocycles. The molecule has 4 heteroatoms. The first-order valence-electron chi connectivity index (χ1n) is 10.0. The number of allylic oxidation sites excluding steroid dienone is 9. The van der Waals surface area contributed by atoms with Crippen molar-refractivity contribution in [3.63, 3.8) is 0 Å². The van der Waals surface area contributed by atoms with Gasteiger partial charge in [0.2, 0.25) is 5.96 Å². The van der Waals surface area contributed by atoms with E-state index in [2.05, 4.69) is 37.8 Å². The van der Waals surface area contributed by atoms with Crippen molar-refractivity contribution in [1.29, 1.82) is 0 Å². The van der Waals surface area contributed by atoms with Crippen LogP contribution in [0.1, 0.15) is 24.5 Å². The van der Waals surface area contributed by atoms with E-state index in [1.807, 2.05) is 55.6 Å². The number of nitrogens with zero attached hydrogens (tertiary/aromatic N) is 4. The van der Waals surface area contributed by atoms with Crippen LogP contribution in [0.3, 0.4) is 0 Å². The van der Waals surface area contributed by atoms with Gasteiger partial charge in [0.05, 0.1) is 17.1 Å². The van der Waals surface area contributed by atoms with E-state index < -0.39 is 0 Å². The lowest BCUT2D eigenvalue weighted by Gasteiger charge is -2.26. The normalized spacial score (nSPS) is 26.6. The van der Waals surface area contributed by atoms with E-state index in [9.17, 15) is 0 Å². The largest absolute Gasteiger partial charge is 0.347 e. The van der Waals surface area contributed by atoms with Crippen LogP contribution < -0.4 is 0 Å². The quantitative estimate of drug-likeness (QED) is 0.650. The maximum absolute atomic E-state index is 4.98. The maximum atomic E-state index is 4.98. The number of aliphatic imine (C=N–C) groups is 3. The summed E-state index contributed by atoms with van der Waals surface area (Å²) >= 11 is 0. The predicted molar refractivity (Wildman–Crippen MR) is 124 cm³/mol. The van der Waals surface area contributed by atoms with Crippen molar-refractivity contribution in [3.05, 3.63) is 83.6 Å². The molecule has 0 amide bonds. The number of guanidine groups is 1. The maximum Gasteiger partial charge on any atom is 0.225 e. The Morgan fingerprint density at radius 1 is 1.03 bits per heavy atom. The Morgan fingerprint density at radius 3 is 2.62 bits per heavy atom. The first-order valence-corrected chi connectivity index (χ1v) is 10.0. The topological polar surface area (TPSA) is 40.3 Å². The van der Waals surface area contributed by atoms with Gasteiger partial charge in [-0.25, -0.2) is 9.98 Å². The second-order valence-electron chi connectivity index (χ2n) is 7.62. The Bertz CT molecular complexity index is 1060. The lowest BCUT2D eigenvalue weighted by molar-refractivity contribution is 0.608. The highest BCUT2D eigenvalue weighted by Crippen LogP contribution is 2.40. The average molecular weight is 383 g/mol. The van der Waals surface area contributed by atoms with Crippen molar-refractivity contribution in [2.45, 2.75) is 19.8 Å². The van der Waals surface area contributed by atoms with Gasteiger partial charge in [-0.15, -0.1) is 0 Å². The van der Waals surface area contributed by atoms with Crippen molar-refractivity contribution in [2.75, 3.05) is 14.1 Å². The molecule has 1 aromatic rings. The summed E-state index contributed by atoms with van der Waals surface area (Å²) in [5, 5.41) is 0. The van der Waals surface area contributed by atoms with Crippen LogP contribution in [-0.2, 0) is 6.42 Å². The van der Waals surface area contributed by atoms with E-state index in [-0.39, 0.29) is 5.92 Å². The van der Waals surface area contributed by atoms with Gasteiger partial charge in [-0.2, -0.15) is 0 Å². The van der Waals surface area contributed by atoms with E-state index in [4.69, 9.17) is 15.0 Å². The molecule has 1 aliphatic carbocycles. The summed E-state index contributed by atoms with van der Waals surface area (Å²) in [5.41, 5.74) is 7.34. The van der Waals surface area contributed by atoms with Crippen LogP contribution in [-0.4, -0.2) is 36.9 Å². The number of hydrogen-bond acceptors (Lipinski definition) is 4. The Kier molecular flexibility index (Phi) is 5.26. The van der Waals surface area contributed by atoms with Crippen molar-refractivity contribution in [3.8, 4) is 0 Å². The van der Waals surface area contributed by atoms with Gasteiger partial charge in [-0.1, -0.05) is 62.1 Å². The van der Waals surface area contributed by atoms with Gasteiger partial charge in [0.25, 0.3) is 0 Å². The number of aryl methyl sites for hydroxylation is 1. The lowest BCUT2D eigenvalue weighted by Crippen LogP contribution is -2.28. The van der Waals surface area contributed by atoms with Gasteiger partial charge in [-0.3, -0.25) is 4.99 Å². The van der Waals surface area contributed by atoms with Crippen LogP contribution in [0, 0.1) is 5.92 Å². The first kappa shape index (κ1) is 19.1. The van der Waals surface area contributed by atoms with Crippen LogP contribution in [0.4, 0.5) is 5.69 Å². The monoisotopic (exact) mass is 382 g/mol. The molecule has 2 heterocycles. The van der Waals surface area contributed by atoms with Crippen LogP contribution in [0.2, 0.25) is 0 Å². The molecule has 4 rings (SSSR count). The van der Waals surface area contributed by atoms with E-state index in [0.29, 0.717) is 5.96 Å². The Hall–Kier alpha value is -3.27. The molecule has 1 atom stereocenters. The molecule has 0 radical (unpaired) electrons. The standard InChI is InChI=1S/C25H26N4/c1-17-11-7-5-6-8-15-21-18(2)23(28-25(27-21)29(3)4)22(17)20-14-9-12-19-13-10-16-26-24(19)20/h5-9,11-12,14-16,18H,1,10,13H2,2-4H3/b6-5-,11-7+,15-8+,23-22-. The highest BCUT2D eigenvalue weighted by Gasteiger charge is 2.27. The third kappa shape index (κ3) is 3.70. The number of rotatable bonds is 1. The van der Waals surface area contributed by atoms with Crippen molar-refractivity contribution in [2.24, 2.45) is 20.9 Å². The molecule has 146 valence electrons. The van der Waals surface area contributed by atoms with Crippen LogP contribution in [0.5, 0.6) is 0 Å². The van der Waals surface area contributed by atoms with Crippen LogP contribution in [0.15, 0.2) is 87.5 Å². The zero-order valence-electron chi connectivity index (χ0n) is 17.3. The molecular formula is C25H26N4. The molecule has 0 saturated carbocycles. The van der Waals surface area contributed by atoms with E-state index >= 15 is 0 Å². The van der Waals surface area contributed by atoms with Crippen molar-refractivity contribution >= 4 is 29.1 Å². The molecule has 0 spiro atoms. The number of hydrogen-bond donors (Lipinski definition) is 0. The van der Waals surface area contributed by atoms with Crippen LogP contribution in [0.25, 0.3) is 5.57 Å². The second kappa shape index (κ2) is 8.00. The summed E-state index contributed by atoms with van der Waals surface area (Å²) in [5.74, 6) is 0.744. The molecule has 3 aliphatic rings. The molecule has 4 nitrogen and oxygen atoms in total. The summed E-state index contributed by atoms with van der Waals surface area (Å²) in [6, 6.07) is 6.42. The van der Waals surface area contributed by atoms with Gasteiger partial charge in [0.15, 0.2) is 0 Å². The van der Waals surface area contributed by atoms with Gasteiger partial charge in [0, 0.05) is 37.4 Å². The molecule has 29 heavy (non-hydrogen) atoms. The highest BCUT2D eigenvalue weighted by atomic mass is 15.2. The van der Waals surface area contributed by atoms with E-state index in [0.717, 1.165) is 46.6 Å². The minimum absolute atomic E-state index is 0.0463. The summed E-state index contributed by atoms with van der Waals surface area (Å²) in [4.78, 5) is 16.5. The average Bonchev–Trinajstić information content (AvgIpc) is 2.73. The Labute approximate surface area is 172 Å². The molecule has 1 unspecified atom stereocenters. The fraction of sp³-hybridized carbons (Fsp3) is 0.240. The molecule has 2 bridgehead atoms. The summed E-state index contributed by atoms with van der Waals surface area (Å²) in [6.07, 6.45) is 16.2. The Morgan fingerprint density at radius 2 is 1.83 bits per heavy atom. The smallest absolute Gasteiger partial charge is 0.225 e. The molecule has 0 N–H and O–H groups in total. The summed E-state index contributed by atoms with van der Waals surface area (Å²) in [6.45, 7) is 6.56. The fourth-order valence-electron chi connectivity index (χ4n) is 3.77. The van der Waals surface area contributed by atoms with Crippen molar-refractivity contribution in [1.82, 2.24) is 4.90 Å². The van der Waals surface area contributed by atoms with Gasteiger partial charge >= 0.3 is 0 Å². The summed E-state index contributed by atoms with van der Waals surface area (Å²) in [7, 11) is 3.94. The minimum atomic E-state index is 0.0463. The molecule has 0 fully saturated rings. The molecule has 1 aromatic carbocycles. The first-order chi connectivity index (χ1) is 14.1. The fourth-order valence-corrected chi connectivity index (χ4v) is 3.77. The third-order valence-corrected chi connectivity index (χ3v) is 5.33. The minimum Gasteiger partial charge on any atom is -0.347 e.